The summed E-state index contributed by atoms with van der Waals surface area (Å²) in [4.78, 5) is 75.9. The smallest absolute Gasteiger partial charge is 0.309 e. The molecule has 1 aromatic carbocycles. The molecule has 1 saturated heterocycles. The number of hydrogen-bond donors (Lipinski definition) is 3. The van der Waals surface area contributed by atoms with E-state index >= 15 is 0 Å². The van der Waals surface area contributed by atoms with Gasteiger partial charge >= 0.3 is 11.9 Å². The van der Waals surface area contributed by atoms with Crippen LogP contribution in [0.3, 0.4) is 0 Å². The van der Waals surface area contributed by atoms with E-state index in [1.165, 1.54) is 18.3 Å². The van der Waals surface area contributed by atoms with Gasteiger partial charge in [-0.25, -0.2) is 4.98 Å². The first kappa shape index (κ1) is 47.1. The Morgan fingerprint density at radius 2 is 1.81 bits per heavy atom. The van der Waals surface area contributed by atoms with Crippen molar-refractivity contribution in [2.24, 2.45) is 29.1 Å². The van der Waals surface area contributed by atoms with Crippen LogP contribution >= 0.6 is 11.3 Å². The van der Waals surface area contributed by atoms with E-state index in [1.807, 2.05) is 65.1 Å². The minimum absolute atomic E-state index is 0.0970. The minimum atomic E-state index is -1.15. The van der Waals surface area contributed by atoms with Gasteiger partial charge in [-0.05, 0) is 89.8 Å². The van der Waals surface area contributed by atoms with Crippen LogP contribution in [0.15, 0.2) is 35.7 Å². The highest BCUT2D eigenvalue weighted by Gasteiger charge is 2.41. The van der Waals surface area contributed by atoms with E-state index in [9.17, 15) is 29.1 Å². The molecule has 314 valence electrons. The van der Waals surface area contributed by atoms with Gasteiger partial charge in [-0.3, -0.25) is 28.9 Å². The Balaban J connectivity index is 1.94. The highest BCUT2D eigenvalue weighted by Crippen LogP contribution is 2.34. The number of carbonyl (C=O) groups excluding carboxylic acids is 4. The summed E-state index contributed by atoms with van der Waals surface area (Å²) in [6.07, 6.45) is 10.6. The fourth-order valence-electron chi connectivity index (χ4n) is 7.45. The monoisotopic (exact) mass is 807 g/mol. The summed E-state index contributed by atoms with van der Waals surface area (Å²) in [5.41, 5.74) is -0.249. The lowest BCUT2D eigenvalue weighted by atomic mass is 9.80. The number of esters is 1. The maximum Gasteiger partial charge on any atom is 0.309 e. The molecule has 2 aromatic rings. The molecule has 6 atom stereocenters. The summed E-state index contributed by atoms with van der Waals surface area (Å²) >= 11 is 1.22. The number of carbonyl (C=O) groups is 5. The van der Waals surface area contributed by atoms with Crippen molar-refractivity contribution in [2.75, 3.05) is 25.5 Å². The molecule has 0 saturated carbocycles. The van der Waals surface area contributed by atoms with Gasteiger partial charge in [0.15, 0.2) is 6.10 Å². The van der Waals surface area contributed by atoms with Crippen LogP contribution in [0.4, 0.5) is 5.82 Å². The van der Waals surface area contributed by atoms with Crippen molar-refractivity contribution < 1.29 is 33.8 Å². The fourth-order valence-corrected chi connectivity index (χ4v) is 8.24. The lowest BCUT2D eigenvalue weighted by Gasteiger charge is -2.40. The third kappa shape index (κ3) is 14.3. The van der Waals surface area contributed by atoms with Crippen LogP contribution in [-0.2, 0) is 35.1 Å². The summed E-state index contributed by atoms with van der Waals surface area (Å²) in [6.45, 7) is 13.7. The normalized spacial score (nSPS) is 17.4. The van der Waals surface area contributed by atoms with E-state index < -0.39 is 41.3 Å². The second kappa shape index (κ2) is 22.6. The van der Waals surface area contributed by atoms with E-state index in [0.717, 1.165) is 31.4 Å². The number of aliphatic carboxylic acids is 1. The van der Waals surface area contributed by atoms with Crippen molar-refractivity contribution >= 4 is 46.8 Å². The van der Waals surface area contributed by atoms with Gasteiger partial charge in [-0.1, -0.05) is 64.4 Å². The number of terminal acetylenes is 1. The fraction of sp³-hybridized carbons (Fsp3) is 0.636. The maximum atomic E-state index is 14.8. The molecule has 0 unspecified atom stereocenters. The quantitative estimate of drug-likeness (QED) is 0.0480. The number of nitrogens with one attached hydrogen (secondary N) is 2. The van der Waals surface area contributed by atoms with Gasteiger partial charge in [-0.2, -0.15) is 0 Å². The standard InChI is InChI=1S/C44H65N5O7S/c1-10-12-13-18-24-49(42(53)38(30(5)11-2)40(52)47-37-22-17-19-23-48(37)9)34(29(3)4)26-35(56-31(6)50)41-46-36(28-57-41)45-39(51)33(27-44(7,8)43(54)55)25-32-20-15-14-16-21-32/h1,14-16,20-21,28-30,33-35,37-38H,11-13,17-19,22-27H2,2-9H3,(H,45,51)(H,47,52)(H,54,55)/t30-,33-,34+,35+,37+,38-/m0/s1. The second-order valence-corrected chi connectivity index (χ2v) is 17.4. The molecule has 0 bridgehead atoms. The third-order valence-electron chi connectivity index (χ3n) is 11.1. The molecule has 3 rings (SSSR count). The van der Waals surface area contributed by atoms with Crippen LogP contribution in [-0.4, -0.2) is 81.9 Å². The number of piperidine rings is 1. The zero-order valence-electron chi connectivity index (χ0n) is 35.2. The number of rotatable bonds is 22. The summed E-state index contributed by atoms with van der Waals surface area (Å²) in [6, 6.07) is 8.99. The summed E-state index contributed by atoms with van der Waals surface area (Å²) in [7, 11) is 1.99. The summed E-state index contributed by atoms with van der Waals surface area (Å²) in [5.74, 6) is -1.40. The van der Waals surface area contributed by atoms with E-state index in [-0.39, 0.29) is 54.4 Å². The second-order valence-electron chi connectivity index (χ2n) is 16.5. The van der Waals surface area contributed by atoms with Crippen molar-refractivity contribution in [3.8, 4) is 12.3 Å². The van der Waals surface area contributed by atoms with Gasteiger partial charge in [0.2, 0.25) is 17.7 Å². The lowest BCUT2D eigenvalue weighted by molar-refractivity contribution is -0.151. The van der Waals surface area contributed by atoms with Crippen LogP contribution in [0.1, 0.15) is 123 Å². The Morgan fingerprint density at radius 3 is 2.40 bits per heavy atom. The predicted molar refractivity (Wildman–Crippen MR) is 224 cm³/mol. The van der Waals surface area contributed by atoms with Gasteiger partial charge < -0.3 is 25.4 Å². The molecular weight excluding hydrogens is 743 g/mol. The Kier molecular flexibility index (Phi) is 18.7. The number of anilines is 1. The van der Waals surface area contributed by atoms with Crippen molar-refractivity contribution in [1.82, 2.24) is 20.1 Å². The Labute approximate surface area is 343 Å². The summed E-state index contributed by atoms with van der Waals surface area (Å²) < 4.78 is 5.90. The van der Waals surface area contributed by atoms with Gasteiger partial charge in [0.05, 0.1) is 11.6 Å². The van der Waals surface area contributed by atoms with Gasteiger partial charge in [0, 0.05) is 43.6 Å². The van der Waals surface area contributed by atoms with Crippen LogP contribution in [0.5, 0.6) is 0 Å². The third-order valence-corrected chi connectivity index (χ3v) is 12.0. The molecule has 0 radical (unpaired) electrons. The molecule has 13 heteroatoms. The number of nitrogens with zero attached hydrogens (tertiary/aromatic N) is 3. The van der Waals surface area contributed by atoms with Gasteiger partial charge in [-0.15, -0.1) is 23.7 Å². The SMILES string of the molecule is C#CCCCCN(C(=O)[C@H](C(=O)N[C@H]1CCCCN1C)[C@@H](C)CC)[C@H](C[C@@H](OC(C)=O)c1nc(NC(=O)[C@@H](Cc2ccccc2)CC(C)(C)C(=O)O)cs1)C(C)C. The molecule has 1 fully saturated rings. The van der Waals surface area contributed by atoms with E-state index in [4.69, 9.17) is 16.1 Å². The Bertz CT molecular complexity index is 1670. The molecule has 0 spiro atoms. The van der Waals surface area contributed by atoms with Crippen molar-refractivity contribution in [3.05, 3.63) is 46.3 Å². The van der Waals surface area contributed by atoms with Crippen molar-refractivity contribution in [2.45, 2.75) is 131 Å². The van der Waals surface area contributed by atoms with Crippen molar-refractivity contribution in [3.63, 3.8) is 0 Å². The van der Waals surface area contributed by atoms with Crippen LogP contribution in [0.2, 0.25) is 0 Å². The van der Waals surface area contributed by atoms with E-state index in [1.54, 1.807) is 24.1 Å². The Morgan fingerprint density at radius 1 is 1.11 bits per heavy atom. The van der Waals surface area contributed by atoms with Gasteiger partial charge in [0.25, 0.3) is 0 Å². The number of carboxylic acid groups (broad SMARTS) is 1. The summed E-state index contributed by atoms with van der Waals surface area (Å²) in [5, 5.41) is 18.0. The molecule has 3 amide bonds. The van der Waals surface area contributed by atoms with E-state index in [0.29, 0.717) is 43.7 Å². The number of unbranched alkanes of at least 4 members (excludes halogenated alkanes) is 2. The number of aromatic nitrogens is 1. The lowest BCUT2D eigenvalue weighted by Crippen LogP contribution is -2.56. The van der Waals surface area contributed by atoms with Crippen LogP contribution in [0.25, 0.3) is 0 Å². The molecule has 1 aromatic heterocycles. The molecule has 1 aliphatic rings. The number of likely N-dealkylation sites (tertiary alicyclic amines) is 1. The number of ether oxygens (including phenoxy) is 1. The largest absolute Gasteiger partial charge is 0.481 e. The molecule has 2 heterocycles. The first-order valence-corrected chi connectivity index (χ1v) is 21.3. The number of carboxylic acids is 1. The minimum Gasteiger partial charge on any atom is -0.481 e. The topological polar surface area (TPSA) is 158 Å². The van der Waals surface area contributed by atoms with E-state index in [2.05, 4.69) is 21.5 Å². The predicted octanol–water partition coefficient (Wildman–Crippen LogP) is 7.31. The number of amides is 3. The molecule has 0 aliphatic carbocycles. The zero-order chi connectivity index (χ0) is 42.3. The average molecular weight is 808 g/mol. The van der Waals surface area contributed by atoms with Crippen LogP contribution in [0, 0.1) is 41.4 Å². The van der Waals surface area contributed by atoms with Crippen molar-refractivity contribution in [1.29, 1.82) is 0 Å². The molecule has 3 N–H and O–H groups in total. The first-order chi connectivity index (χ1) is 27.0. The highest BCUT2D eigenvalue weighted by atomic mass is 32.1. The highest BCUT2D eigenvalue weighted by molar-refractivity contribution is 7.10. The van der Waals surface area contributed by atoms with Crippen LogP contribution < -0.4 is 10.6 Å². The molecule has 1 aliphatic heterocycles. The maximum absolute atomic E-state index is 14.8. The molecular formula is C44H65N5O7S. The number of benzene rings is 1. The first-order valence-electron chi connectivity index (χ1n) is 20.4. The average Bonchev–Trinajstić information content (AvgIpc) is 3.62. The molecule has 57 heavy (non-hydrogen) atoms. The molecule has 12 nitrogen and oxygen atoms in total. The zero-order valence-corrected chi connectivity index (χ0v) is 36.0. The Hall–Kier alpha value is -4.28. The number of thiazole rings is 1. The number of hydrogen-bond acceptors (Lipinski definition) is 9. The van der Waals surface area contributed by atoms with Gasteiger partial charge in [0.1, 0.15) is 16.7 Å².